The van der Waals surface area contributed by atoms with Crippen LogP contribution in [0.1, 0.15) is 89.0 Å². The predicted octanol–water partition coefficient (Wildman–Crippen LogP) is 4.63. The molecule has 0 aliphatic heterocycles. The lowest BCUT2D eigenvalue weighted by Gasteiger charge is -2.39. The molecule has 0 heterocycles. The van der Waals surface area contributed by atoms with Gasteiger partial charge in [0.2, 0.25) is 0 Å². The first kappa shape index (κ1) is 24.2. The average molecular weight is 359 g/mol. The first-order valence-corrected chi connectivity index (χ1v) is 9.20. The predicted molar refractivity (Wildman–Crippen MR) is 105 cm³/mol. The number of nitrogens with two attached hydrogens (primary N) is 1. The quantitative estimate of drug-likeness (QED) is 0.663. The maximum Gasteiger partial charge on any atom is 0.408 e. The van der Waals surface area contributed by atoms with E-state index in [9.17, 15) is 4.79 Å². The molecule has 0 aliphatic carbocycles. The van der Waals surface area contributed by atoms with Crippen molar-refractivity contribution in [1.82, 2.24) is 5.32 Å². The molecule has 5 nitrogen and oxygen atoms in total. The minimum atomic E-state index is -0.605. The van der Waals surface area contributed by atoms with Crippen LogP contribution in [-0.4, -0.2) is 35.0 Å². The number of hydrogen-bond donors (Lipinski definition) is 2. The summed E-state index contributed by atoms with van der Waals surface area (Å²) in [6.07, 6.45) is 0.857. The van der Waals surface area contributed by atoms with Crippen molar-refractivity contribution in [3.63, 3.8) is 0 Å². The van der Waals surface area contributed by atoms with Crippen LogP contribution in [0.3, 0.4) is 0 Å². The Morgan fingerprint density at radius 3 is 1.80 bits per heavy atom. The van der Waals surface area contributed by atoms with Gasteiger partial charge < -0.3 is 20.5 Å². The fourth-order valence-corrected chi connectivity index (χ4v) is 2.56. The fourth-order valence-electron chi connectivity index (χ4n) is 2.56. The Kier molecular flexibility index (Phi) is 7.58. The molecule has 0 rings (SSSR count). The Hall–Kier alpha value is -0.810. The molecule has 150 valence electrons. The molecule has 0 aliphatic rings. The molecule has 0 atom stereocenters. The van der Waals surface area contributed by atoms with E-state index >= 15 is 0 Å². The Labute approximate surface area is 155 Å². The van der Waals surface area contributed by atoms with Crippen molar-refractivity contribution in [3.05, 3.63) is 0 Å². The Morgan fingerprint density at radius 1 is 0.920 bits per heavy atom. The highest BCUT2D eigenvalue weighted by molar-refractivity contribution is 5.68. The summed E-state index contributed by atoms with van der Waals surface area (Å²) in [6.45, 7) is 22.8. The zero-order valence-electron chi connectivity index (χ0n) is 18.4. The zero-order valence-corrected chi connectivity index (χ0v) is 18.4. The van der Waals surface area contributed by atoms with E-state index in [4.69, 9.17) is 15.2 Å². The number of ether oxygens (including phenoxy) is 2. The molecular weight excluding hydrogens is 316 g/mol. The molecule has 0 aromatic carbocycles. The summed E-state index contributed by atoms with van der Waals surface area (Å²) in [7, 11) is 0. The monoisotopic (exact) mass is 358 g/mol. The van der Waals surface area contributed by atoms with Crippen LogP contribution in [-0.2, 0) is 9.47 Å². The van der Waals surface area contributed by atoms with Crippen molar-refractivity contribution in [1.29, 1.82) is 0 Å². The van der Waals surface area contributed by atoms with Crippen LogP contribution >= 0.6 is 0 Å². The number of carbonyl (C=O) groups is 1. The van der Waals surface area contributed by atoms with Crippen LogP contribution in [0.15, 0.2) is 0 Å². The van der Waals surface area contributed by atoms with E-state index in [1.807, 2.05) is 41.5 Å². The first-order chi connectivity index (χ1) is 10.8. The van der Waals surface area contributed by atoms with E-state index in [1.54, 1.807) is 0 Å². The normalized spacial score (nSPS) is 14.4. The summed E-state index contributed by atoms with van der Waals surface area (Å²) in [5, 5.41) is 2.92. The van der Waals surface area contributed by atoms with E-state index in [0.717, 1.165) is 0 Å². The van der Waals surface area contributed by atoms with Crippen molar-refractivity contribution in [2.45, 2.75) is 111 Å². The SMILES string of the molecule is CC(C)(N)CC(C)(C)NC(=O)OC(C)(C)CCOC(C)(C)C(C)(C)C. The number of alkyl carbamates (subject to hydrolysis) is 1. The molecule has 0 spiro atoms. The van der Waals surface area contributed by atoms with E-state index in [2.05, 4.69) is 39.9 Å². The molecule has 5 heteroatoms. The fraction of sp³-hybridized carbons (Fsp3) is 0.950. The third-order valence-corrected chi connectivity index (χ3v) is 4.68. The number of carbonyl (C=O) groups excluding carboxylic acids is 1. The number of amides is 1. The van der Waals surface area contributed by atoms with Crippen LogP contribution in [0, 0.1) is 5.41 Å². The summed E-state index contributed by atoms with van der Waals surface area (Å²) in [4.78, 5) is 12.3. The lowest BCUT2D eigenvalue weighted by Crippen LogP contribution is -2.52. The average Bonchev–Trinajstić information content (AvgIpc) is 2.19. The highest BCUT2D eigenvalue weighted by Crippen LogP contribution is 2.33. The molecule has 0 bridgehead atoms. The minimum absolute atomic E-state index is 0.0361. The zero-order chi connectivity index (χ0) is 20.3. The second-order valence-corrected chi connectivity index (χ2v) is 10.7. The summed E-state index contributed by atoms with van der Waals surface area (Å²) in [6, 6.07) is 0. The van der Waals surface area contributed by atoms with E-state index < -0.39 is 17.2 Å². The highest BCUT2D eigenvalue weighted by Gasteiger charge is 2.35. The topological polar surface area (TPSA) is 73.6 Å². The van der Waals surface area contributed by atoms with E-state index in [0.29, 0.717) is 19.4 Å². The number of hydrogen-bond acceptors (Lipinski definition) is 4. The maximum absolute atomic E-state index is 12.3. The van der Waals surface area contributed by atoms with Crippen LogP contribution in [0.4, 0.5) is 4.79 Å². The molecule has 0 fully saturated rings. The van der Waals surface area contributed by atoms with Gasteiger partial charge in [0.05, 0.1) is 12.2 Å². The standard InChI is InChI=1S/C20H42N2O3/c1-16(2,3)20(10,11)24-13-12-19(8,9)25-15(23)22-18(6,7)14-17(4,5)21/h12-14,21H2,1-11H3,(H,22,23). The summed E-state index contributed by atoms with van der Waals surface area (Å²) < 4.78 is 11.7. The van der Waals surface area contributed by atoms with Crippen molar-refractivity contribution in [2.24, 2.45) is 11.1 Å². The number of rotatable bonds is 8. The van der Waals surface area contributed by atoms with Gasteiger partial charge in [-0.25, -0.2) is 4.79 Å². The van der Waals surface area contributed by atoms with Gasteiger partial charge in [-0.3, -0.25) is 0 Å². The molecule has 0 aromatic heterocycles. The molecule has 0 saturated heterocycles. The molecule has 0 radical (unpaired) electrons. The van der Waals surface area contributed by atoms with E-state index in [-0.39, 0.29) is 16.6 Å². The molecule has 25 heavy (non-hydrogen) atoms. The van der Waals surface area contributed by atoms with Gasteiger partial charge in [0.25, 0.3) is 0 Å². The second kappa shape index (κ2) is 7.83. The Balaban J connectivity index is 4.55. The second-order valence-electron chi connectivity index (χ2n) is 10.7. The lowest BCUT2D eigenvalue weighted by atomic mass is 9.79. The van der Waals surface area contributed by atoms with E-state index in [1.165, 1.54) is 0 Å². The van der Waals surface area contributed by atoms with Gasteiger partial charge in [-0.1, -0.05) is 20.8 Å². The Bertz CT molecular complexity index is 441. The van der Waals surface area contributed by atoms with Gasteiger partial charge in [0, 0.05) is 17.5 Å². The summed E-state index contributed by atoms with van der Waals surface area (Å²) in [5.74, 6) is 0. The van der Waals surface area contributed by atoms with Crippen LogP contribution in [0.5, 0.6) is 0 Å². The lowest BCUT2D eigenvalue weighted by molar-refractivity contribution is -0.104. The third kappa shape index (κ3) is 10.0. The van der Waals surface area contributed by atoms with Gasteiger partial charge >= 0.3 is 6.09 Å². The molecule has 3 N–H and O–H groups in total. The first-order valence-electron chi connectivity index (χ1n) is 9.20. The van der Waals surface area contributed by atoms with Crippen LogP contribution in [0.2, 0.25) is 0 Å². The van der Waals surface area contributed by atoms with Gasteiger partial charge in [-0.05, 0) is 67.2 Å². The van der Waals surface area contributed by atoms with Crippen molar-refractivity contribution in [3.8, 4) is 0 Å². The van der Waals surface area contributed by atoms with Crippen molar-refractivity contribution >= 4 is 6.09 Å². The molecule has 0 unspecified atom stereocenters. The number of nitrogens with one attached hydrogen (secondary N) is 1. The van der Waals surface area contributed by atoms with Gasteiger partial charge in [0.1, 0.15) is 5.60 Å². The minimum Gasteiger partial charge on any atom is -0.443 e. The Morgan fingerprint density at radius 2 is 1.40 bits per heavy atom. The summed E-state index contributed by atoms with van der Waals surface area (Å²) >= 11 is 0. The maximum atomic E-state index is 12.3. The van der Waals surface area contributed by atoms with Gasteiger partial charge in [-0.15, -0.1) is 0 Å². The molecule has 0 aromatic rings. The highest BCUT2D eigenvalue weighted by atomic mass is 16.6. The van der Waals surface area contributed by atoms with Gasteiger partial charge in [-0.2, -0.15) is 0 Å². The molecule has 0 saturated carbocycles. The third-order valence-electron chi connectivity index (χ3n) is 4.68. The smallest absolute Gasteiger partial charge is 0.408 e. The largest absolute Gasteiger partial charge is 0.443 e. The van der Waals surface area contributed by atoms with Crippen LogP contribution in [0.25, 0.3) is 0 Å². The van der Waals surface area contributed by atoms with Crippen molar-refractivity contribution < 1.29 is 14.3 Å². The van der Waals surface area contributed by atoms with Crippen LogP contribution < -0.4 is 11.1 Å². The molecular formula is C20H42N2O3. The van der Waals surface area contributed by atoms with Crippen molar-refractivity contribution in [2.75, 3.05) is 6.61 Å². The molecule has 1 amide bonds. The summed E-state index contributed by atoms with van der Waals surface area (Å²) in [5.41, 5.74) is 4.44. The van der Waals surface area contributed by atoms with Gasteiger partial charge in [0.15, 0.2) is 0 Å².